The van der Waals surface area contributed by atoms with Gasteiger partial charge in [-0.1, -0.05) is 36.4 Å². The Morgan fingerprint density at radius 2 is 1.96 bits per heavy atom. The molecule has 5 rings (SSSR count). The lowest BCUT2D eigenvalue weighted by Crippen LogP contribution is -2.33. The van der Waals surface area contributed by atoms with E-state index < -0.39 is 0 Å². The van der Waals surface area contributed by atoms with Crippen molar-refractivity contribution in [3.63, 3.8) is 0 Å². The average molecular weight is 438 g/mol. The molecule has 0 bridgehead atoms. The minimum absolute atomic E-state index is 0.183. The molecule has 4 aromatic rings. The number of rotatable bonds is 3. The van der Waals surface area contributed by atoms with E-state index in [0.717, 1.165) is 28.0 Å². The number of aromatic amines is 1. The van der Waals surface area contributed by atoms with Crippen molar-refractivity contribution in [2.24, 2.45) is 0 Å². The van der Waals surface area contributed by atoms with Crippen molar-refractivity contribution in [3.05, 3.63) is 75.1 Å². The number of nitrogens with zero attached hydrogens (tertiary/aromatic N) is 4. The van der Waals surface area contributed by atoms with Crippen LogP contribution in [-0.2, 0) is 6.54 Å². The fourth-order valence-electron chi connectivity index (χ4n) is 3.36. The molecule has 0 unspecified atom stereocenters. The number of nitrogens with one attached hydrogen (secondary N) is 1. The van der Waals surface area contributed by atoms with Gasteiger partial charge in [0.2, 0.25) is 0 Å². The molecular formula is C20H16BrN5O2. The first-order valence-corrected chi connectivity index (χ1v) is 9.69. The van der Waals surface area contributed by atoms with Gasteiger partial charge in [0, 0.05) is 11.6 Å². The van der Waals surface area contributed by atoms with E-state index in [1.165, 1.54) is 4.52 Å². The van der Waals surface area contributed by atoms with E-state index >= 15 is 0 Å². The number of hydrogen-bond donors (Lipinski definition) is 1. The Hall–Kier alpha value is -3.13. The number of ether oxygens (including phenoxy) is 1. The van der Waals surface area contributed by atoms with E-state index in [4.69, 9.17) is 4.74 Å². The summed E-state index contributed by atoms with van der Waals surface area (Å²) in [6, 6.07) is 17.1. The molecule has 0 saturated heterocycles. The molecule has 1 N–H and O–H groups in total. The van der Waals surface area contributed by atoms with Crippen LogP contribution in [-0.4, -0.2) is 32.7 Å². The lowest BCUT2D eigenvalue weighted by atomic mass is 10.2. The molecule has 28 heavy (non-hydrogen) atoms. The standard InChI is InChI=1S/C20H16BrN5O2/c21-15-7-4-8-16-18(15)28-10-9-25(16)12-14-11-17(27)26-20(22-14)23-19(24-26)13-5-2-1-3-6-13/h1-8,11H,9-10,12H2,(H,22,23,24). The van der Waals surface area contributed by atoms with Gasteiger partial charge in [-0.25, -0.2) is 4.98 Å². The third kappa shape index (κ3) is 2.95. The number of benzene rings is 2. The molecule has 0 atom stereocenters. The van der Waals surface area contributed by atoms with Crippen molar-refractivity contribution in [2.75, 3.05) is 18.1 Å². The summed E-state index contributed by atoms with van der Waals surface area (Å²) in [6.45, 7) is 1.81. The summed E-state index contributed by atoms with van der Waals surface area (Å²) < 4.78 is 8.06. The molecule has 0 saturated carbocycles. The van der Waals surface area contributed by atoms with Gasteiger partial charge in [0.15, 0.2) is 11.6 Å². The quantitative estimate of drug-likeness (QED) is 0.532. The van der Waals surface area contributed by atoms with Crippen molar-refractivity contribution in [2.45, 2.75) is 6.54 Å². The zero-order valence-corrected chi connectivity index (χ0v) is 16.4. The summed E-state index contributed by atoms with van der Waals surface area (Å²) in [6.07, 6.45) is 0. The highest BCUT2D eigenvalue weighted by Crippen LogP contribution is 2.38. The summed E-state index contributed by atoms with van der Waals surface area (Å²) in [5.74, 6) is 1.80. The van der Waals surface area contributed by atoms with Crippen molar-refractivity contribution < 1.29 is 4.74 Å². The molecule has 0 fully saturated rings. The van der Waals surface area contributed by atoms with E-state index in [1.54, 1.807) is 6.07 Å². The predicted octanol–water partition coefficient (Wildman–Crippen LogP) is 3.25. The zero-order valence-electron chi connectivity index (χ0n) is 14.8. The topological polar surface area (TPSA) is 75.5 Å². The van der Waals surface area contributed by atoms with Crippen molar-refractivity contribution in [1.29, 1.82) is 0 Å². The summed E-state index contributed by atoms with van der Waals surface area (Å²) in [5, 5.41) is 3.02. The van der Waals surface area contributed by atoms with Crippen LogP contribution < -0.4 is 15.2 Å². The van der Waals surface area contributed by atoms with Gasteiger partial charge in [0.05, 0.1) is 28.9 Å². The molecule has 2 aromatic heterocycles. The maximum atomic E-state index is 12.6. The third-order valence-electron chi connectivity index (χ3n) is 4.68. The van der Waals surface area contributed by atoms with E-state index in [9.17, 15) is 4.79 Å². The highest BCUT2D eigenvalue weighted by Gasteiger charge is 2.21. The summed E-state index contributed by atoms with van der Waals surface area (Å²) in [5.41, 5.74) is 2.37. The van der Waals surface area contributed by atoms with Gasteiger partial charge in [0.25, 0.3) is 11.3 Å². The van der Waals surface area contributed by atoms with Crippen molar-refractivity contribution in [1.82, 2.24) is 19.6 Å². The lowest BCUT2D eigenvalue weighted by Gasteiger charge is -2.31. The Morgan fingerprint density at radius 3 is 2.82 bits per heavy atom. The van der Waals surface area contributed by atoms with Gasteiger partial charge in [0.1, 0.15) is 6.61 Å². The van der Waals surface area contributed by atoms with Gasteiger partial charge in [-0.05, 0) is 28.1 Å². The Balaban J connectivity index is 1.51. The molecule has 140 valence electrons. The van der Waals surface area contributed by atoms with E-state index in [0.29, 0.717) is 30.4 Å². The monoisotopic (exact) mass is 437 g/mol. The van der Waals surface area contributed by atoms with Crippen LogP contribution in [0, 0.1) is 0 Å². The number of aromatic nitrogens is 4. The lowest BCUT2D eigenvalue weighted by molar-refractivity contribution is 0.304. The van der Waals surface area contributed by atoms with Crippen molar-refractivity contribution >= 4 is 27.4 Å². The Morgan fingerprint density at radius 1 is 1.11 bits per heavy atom. The van der Waals surface area contributed by atoms with E-state index in [-0.39, 0.29) is 5.56 Å². The number of para-hydroxylation sites is 1. The number of fused-ring (bicyclic) bond motifs is 2. The van der Waals surface area contributed by atoms with Crippen LogP contribution >= 0.6 is 15.9 Å². The molecule has 1 aliphatic heterocycles. The predicted molar refractivity (Wildman–Crippen MR) is 110 cm³/mol. The van der Waals surface area contributed by atoms with E-state index in [2.05, 4.69) is 35.9 Å². The highest BCUT2D eigenvalue weighted by molar-refractivity contribution is 9.10. The molecule has 8 heteroatoms. The molecule has 0 amide bonds. The fourth-order valence-corrected chi connectivity index (χ4v) is 3.83. The zero-order chi connectivity index (χ0) is 19.1. The first-order chi connectivity index (χ1) is 13.7. The molecule has 3 heterocycles. The minimum Gasteiger partial charge on any atom is -0.488 e. The Kier molecular flexibility index (Phi) is 4.12. The van der Waals surface area contributed by atoms with Crippen LogP contribution in [0.2, 0.25) is 0 Å². The molecule has 0 spiro atoms. The van der Waals surface area contributed by atoms with Gasteiger partial charge in [-0.15, -0.1) is 0 Å². The maximum Gasteiger partial charge on any atom is 0.274 e. The second kappa shape index (κ2) is 6.79. The average Bonchev–Trinajstić information content (AvgIpc) is 3.14. The van der Waals surface area contributed by atoms with Gasteiger partial charge in [-0.2, -0.15) is 9.50 Å². The number of H-pyrrole nitrogens is 1. The molecule has 2 aromatic carbocycles. The normalized spacial score (nSPS) is 13.4. The first kappa shape index (κ1) is 17.0. The number of hydrogen-bond acceptors (Lipinski definition) is 5. The SMILES string of the molecule is O=c1cc(CN2CCOc3c(Br)cccc32)nc2nc(-c3ccccc3)[nH]n12. The van der Waals surface area contributed by atoms with Crippen LogP contribution in [0.4, 0.5) is 5.69 Å². The van der Waals surface area contributed by atoms with Crippen LogP contribution in [0.3, 0.4) is 0 Å². The summed E-state index contributed by atoms with van der Waals surface area (Å²) >= 11 is 3.53. The molecule has 0 aliphatic carbocycles. The molecule has 0 radical (unpaired) electrons. The summed E-state index contributed by atoms with van der Waals surface area (Å²) in [4.78, 5) is 23.8. The van der Waals surface area contributed by atoms with Gasteiger partial charge in [-0.3, -0.25) is 9.89 Å². The summed E-state index contributed by atoms with van der Waals surface area (Å²) in [7, 11) is 0. The van der Waals surface area contributed by atoms with Gasteiger partial charge < -0.3 is 9.64 Å². The minimum atomic E-state index is -0.183. The molecular weight excluding hydrogens is 422 g/mol. The van der Waals surface area contributed by atoms with Crippen LogP contribution in [0.25, 0.3) is 17.2 Å². The fraction of sp³-hybridized carbons (Fsp3) is 0.150. The first-order valence-electron chi connectivity index (χ1n) is 8.89. The van der Waals surface area contributed by atoms with Crippen molar-refractivity contribution in [3.8, 4) is 17.1 Å². The Labute approximate surface area is 168 Å². The molecule has 1 aliphatic rings. The van der Waals surface area contributed by atoms with Gasteiger partial charge >= 0.3 is 0 Å². The smallest absolute Gasteiger partial charge is 0.274 e. The Bertz CT molecular complexity index is 1220. The maximum absolute atomic E-state index is 12.6. The highest BCUT2D eigenvalue weighted by atomic mass is 79.9. The van der Waals surface area contributed by atoms with Crippen LogP contribution in [0.5, 0.6) is 5.75 Å². The van der Waals surface area contributed by atoms with E-state index in [1.807, 2.05) is 48.5 Å². The second-order valence-corrected chi connectivity index (χ2v) is 7.37. The largest absolute Gasteiger partial charge is 0.488 e. The number of halogens is 1. The van der Waals surface area contributed by atoms with Crippen LogP contribution in [0.15, 0.2) is 63.9 Å². The van der Waals surface area contributed by atoms with Crippen LogP contribution in [0.1, 0.15) is 5.69 Å². The number of anilines is 1. The third-order valence-corrected chi connectivity index (χ3v) is 5.30. The second-order valence-electron chi connectivity index (χ2n) is 6.52. The molecule has 7 nitrogen and oxygen atoms in total.